The van der Waals surface area contributed by atoms with Crippen molar-refractivity contribution in [1.29, 1.82) is 0 Å². The zero-order valence-electron chi connectivity index (χ0n) is 15.9. The lowest BCUT2D eigenvalue weighted by molar-refractivity contribution is 0.0952. The van der Waals surface area contributed by atoms with Gasteiger partial charge in [-0.2, -0.15) is 5.10 Å². The van der Waals surface area contributed by atoms with Crippen LogP contribution < -0.4 is 5.32 Å². The average molecular weight is 363 g/mol. The Morgan fingerprint density at radius 2 is 1.81 bits per heavy atom. The number of rotatable bonds is 5. The van der Waals surface area contributed by atoms with E-state index in [0.29, 0.717) is 17.8 Å². The Morgan fingerprint density at radius 1 is 1.11 bits per heavy atom. The van der Waals surface area contributed by atoms with Gasteiger partial charge in [-0.15, -0.1) is 0 Å². The molecule has 1 N–H and O–H groups in total. The Bertz CT molecular complexity index is 955. The topological polar surface area (TPSA) is 62.5 Å². The van der Waals surface area contributed by atoms with Gasteiger partial charge in [-0.1, -0.05) is 24.3 Å². The second-order valence-electron chi connectivity index (χ2n) is 7.31. The highest BCUT2D eigenvalue weighted by molar-refractivity contribution is 5.99. The standard InChI is InChI=1S/C21H25N5O/c1-15-11-16(2)26-20(24-15)19(13-23-26)21(27)22-12-17-5-7-18(8-6-17)14-25-9-3-4-10-25/h5-8,11,13H,3-4,9-10,12,14H2,1-2H3,(H,22,27). The molecule has 1 amide bonds. The molecule has 0 saturated carbocycles. The van der Waals surface area contributed by atoms with Crippen molar-refractivity contribution in [2.24, 2.45) is 0 Å². The molecular weight excluding hydrogens is 338 g/mol. The second kappa shape index (κ2) is 7.48. The highest BCUT2D eigenvalue weighted by atomic mass is 16.1. The summed E-state index contributed by atoms with van der Waals surface area (Å²) in [6, 6.07) is 10.4. The zero-order chi connectivity index (χ0) is 18.8. The summed E-state index contributed by atoms with van der Waals surface area (Å²) in [5.74, 6) is -0.149. The lowest BCUT2D eigenvalue weighted by Gasteiger charge is -2.14. The van der Waals surface area contributed by atoms with Crippen LogP contribution in [0.25, 0.3) is 5.65 Å². The Balaban J connectivity index is 1.40. The molecule has 1 fully saturated rings. The van der Waals surface area contributed by atoms with Crippen LogP contribution in [0, 0.1) is 13.8 Å². The van der Waals surface area contributed by atoms with Gasteiger partial charge in [-0.05, 0) is 57.0 Å². The number of nitrogens with zero attached hydrogens (tertiary/aromatic N) is 4. The Hall–Kier alpha value is -2.73. The maximum atomic E-state index is 12.6. The normalized spacial score (nSPS) is 14.7. The molecule has 1 aliphatic heterocycles. The van der Waals surface area contributed by atoms with E-state index in [2.05, 4.69) is 44.6 Å². The molecular formula is C21H25N5O. The van der Waals surface area contributed by atoms with Crippen LogP contribution in [-0.4, -0.2) is 38.5 Å². The molecule has 140 valence electrons. The molecule has 4 rings (SSSR count). The van der Waals surface area contributed by atoms with Crippen molar-refractivity contribution in [3.8, 4) is 0 Å². The maximum Gasteiger partial charge on any atom is 0.257 e. The van der Waals surface area contributed by atoms with Gasteiger partial charge in [0.1, 0.15) is 5.56 Å². The van der Waals surface area contributed by atoms with Gasteiger partial charge in [0.05, 0.1) is 6.20 Å². The van der Waals surface area contributed by atoms with Crippen LogP contribution >= 0.6 is 0 Å². The summed E-state index contributed by atoms with van der Waals surface area (Å²) in [4.78, 5) is 19.6. The minimum atomic E-state index is -0.149. The average Bonchev–Trinajstić information content (AvgIpc) is 3.30. The summed E-state index contributed by atoms with van der Waals surface area (Å²) in [6.07, 6.45) is 4.20. The van der Waals surface area contributed by atoms with Gasteiger partial charge in [0, 0.05) is 24.5 Å². The van der Waals surface area contributed by atoms with Crippen LogP contribution in [0.4, 0.5) is 0 Å². The number of fused-ring (bicyclic) bond motifs is 1. The van der Waals surface area contributed by atoms with E-state index in [1.54, 1.807) is 10.7 Å². The van der Waals surface area contributed by atoms with E-state index in [1.807, 2.05) is 19.9 Å². The van der Waals surface area contributed by atoms with Gasteiger partial charge in [0.25, 0.3) is 5.91 Å². The molecule has 1 aromatic carbocycles. The van der Waals surface area contributed by atoms with Gasteiger partial charge < -0.3 is 5.32 Å². The molecule has 0 radical (unpaired) electrons. The van der Waals surface area contributed by atoms with Gasteiger partial charge in [0.2, 0.25) is 0 Å². The molecule has 0 aliphatic carbocycles. The first-order valence-electron chi connectivity index (χ1n) is 9.50. The van der Waals surface area contributed by atoms with Gasteiger partial charge in [0.15, 0.2) is 5.65 Å². The highest BCUT2D eigenvalue weighted by Crippen LogP contribution is 2.14. The first-order chi connectivity index (χ1) is 13.1. The first-order valence-corrected chi connectivity index (χ1v) is 9.50. The number of aryl methyl sites for hydroxylation is 2. The Kier molecular flexibility index (Phi) is 4.90. The van der Waals surface area contributed by atoms with Crippen LogP contribution in [0.3, 0.4) is 0 Å². The fraction of sp³-hybridized carbons (Fsp3) is 0.381. The van der Waals surface area contributed by atoms with Crippen molar-refractivity contribution in [3.05, 3.63) is 64.6 Å². The number of amides is 1. The van der Waals surface area contributed by atoms with Crippen molar-refractivity contribution in [2.75, 3.05) is 13.1 Å². The minimum absolute atomic E-state index is 0.149. The number of benzene rings is 1. The summed E-state index contributed by atoms with van der Waals surface area (Å²) in [7, 11) is 0. The van der Waals surface area contributed by atoms with E-state index in [4.69, 9.17) is 0 Å². The van der Waals surface area contributed by atoms with Crippen molar-refractivity contribution in [2.45, 2.75) is 39.8 Å². The Labute approximate surface area is 159 Å². The number of likely N-dealkylation sites (tertiary alicyclic amines) is 1. The molecule has 27 heavy (non-hydrogen) atoms. The van der Waals surface area contributed by atoms with Gasteiger partial charge in [-0.25, -0.2) is 9.50 Å². The maximum absolute atomic E-state index is 12.6. The fourth-order valence-corrected chi connectivity index (χ4v) is 3.67. The van der Waals surface area contributed by atoms with E-state index in [1.165, 1.54) is 31.5 Å². The highest BCUT2D eigenvalue weighted by Gasteiger charge is 2.15. The summed E-state index contributed by atoms with van der Waals surface area (Å²) >= 11 is 0. The van der Waals surface area contributed by atoms with E-state index < -0.39 is 0 Å². The molecule has 0 bridgehead atoms. The summed E-state index contributed by atoms with van der Waals surface area (Å²) in [6.45, 7) is 7.78. The Morgan fingerprint density at radius 3 is 2.56 bits per heavy atom. The van der Waals surface area contributed by atoms with Crippen LogP contribution in [0.1, 0.15) is 45.7 Å². The molecule has 2 aromatic heterocycles. The van der Waals surface area contributed by atoms with E-state index in [-0.39, 0.29) is 5.91 Å². The first kappa shape index (κ1) is 17.7. The zero-order valence-corrected chi connectivity index (χ0v) is 15.9. The monoisotopic (exact) mass is 363 g/mol. The molecule has 0 unspecified atom stereocenters. The molecule has 6 nitrogen and oxygen atoms in total. The number of hydrogen-bond donors (Lipinski definition) is 1. The van der Waals surface area contributed by atoms with E-state index in [9.17, 15) is 4.79 Å². The molecule has 6 heteroatoms. The fourth-order valence-electron chi connectivity index (χ4n) is 3.67. The second-order valence-corrected chi connectivity index (χ2v) is 7.31. The van der Waals surface area contributed by atoms with Crippen LogP contribution in [0.2, 0.25) is 0 Å². The van der Waals surface area contributed by atoms with Crippen LogP contribution in [0.5, 0.6) is 0 Å². The molecule has 1 aliphatic rings. The van der Waals surface area contributed by atoms with E-state index >= 15 is 0 Å². The van der Waals surface area contributed by atoms with Crippen LogP contribution in [0.15, 0.2) is 36.5 Å². The molecule has 0 spiro atoms. The minimum Gasteiger partial charge on any atom is -0.348 e. The smallest absolute Gasteiger partial charge is 0.257 e. The van der Waals surface area contributed by atoms with Crippen molar-refractivity contribution < 1.29 is 4.79 Å². The van der Waals surface area contributed by atoms with Crippen LogP contribution in [-0.2, 0) is 13.1 Å². The number of aromatic nitrogens is 3. The lowest BCUT2D eigenvalue weighted by atomic mass is 10.1. The number of nitrogens with one attached hydrogen (secondary N) is 1. The van der Waals surface area contributed by atoms with Crippen molar-refractivity contribution in [3.63, 3.8) is 0 Å². The number of hydrogen-bond acceptors (Lipinski definition) is 4. The van der Waals surface area contributed by atoms with Gasteiger partial charge >= 0.3 is 0 Å². The summed E-state index contributed by atoms with van der Waals surface area (Å²) in [5.41, 5.74) is 5.36. The summed E-state index contributed by atoms with van der Waals surface area (Å²) < 4.78 is 1.70. The molecule has 0 atom stereocenters. The molecule has 3 heterocycles. The predicted octanol–water partition coefficient (Wildman–Crippen LogP) is 2.87. The lowest BCUT2D eigenvalue weighted by Crippen LogP contribution is -2.23. The SMILES string of the molecule is Cc1cc(C)n2ncc(C(=O)NCc3ccc(CN4CCCC4)cc3)c2n1. The number of carbonyl (C=O) groups is 1. The van der Waals surface area contributed by atoms with Gasteiger partial charge in [-0.3, -0.25) is 9.69 Å². The third kappa shape index (κ3) is 3.85. The molecule has 3 aromatic rings. The van der Waals surface area contributed by atoms with E-state index in [0.717, 1.165) is 23.5 Å². The third-order valence-electron chi connectivity index (χ3n) is 5.10. The van der Waals surface area contributed by atoms with Crippen molar-refractivity contribution >= 4 is 11.6 Å². The van der Waals surface area contributed by atoms with Crippen molar-refractivity contribution in [1.82, 2.24) is 24.8 Å². The summed E-state index contributed by atoms with van der Waals surface area (Å²) in [5, 5.41) is 7.27. The predicted molar refractivity (Wildman–Crippen MR) is 105 cm³/mol. The third-order valence-corrected chi connectivity index (χ3v) is 5.10. The quantitative estimate of drug-likeness (QED) is 0.757. The largest absolute Gasteiger partial charge is 0.348 e. The number of carbonyl (C=O) groups excluding carboxylic acids is 1. The molecule has 1 saturated heterocycles.